The van der Waals surface area contributed by atoms with E-state index in [9.17, 15) is 30.0 Å². The summed E-state index contributed by atoms with van der Waals surface area (Å²) in [7, 11) is 0. The smallest absolute Gasteiger partial charge is 0.351 e. The summed E-state index contributed by atoms with van der Waals surface area (Å²) in [6, 6.07) is 0. The van der Waals surface area contributed by atoms with Crippen LogP contribution in [0.5, 0.6) is 0 Å². The zero-order valence-electron chi connectivity index (χ0n) is 22.9. The molecule has 0 amide bonds. The van der Waals surface area contributed by atoms with Gasteiger partial charge in [0.1, 0.15) is 48.3 Å². The van der Waals surface area contributed by atoms with Gasteiger partial charge in [0.25, 0.3) is 6.47 Å². The Balaban J connectivity index is 1.37. The van der Waals surface area contributed by atoms with Crippen LogP contribution in [0.2, 0.25) is 0 Å². The quantitative estimate of drug-likeness (QED) is 0.0767. The molecule has 5 heterocycles. The predicted molar refractivity (Wildman–Crippen MR) is 145 cm³/mol. The van der Waals surface area contributed by atoms with Crippen LogP contribution in [-0.4, -0.2) is 117 Å². The summed E-state index contributed by atoms with van der Waals surface area (Å²) in [4.78, 5) is 41.3. The van der Waals surface area contributed by atoms with Gasteiger partial charge in [-0.05, 0) is 0 Å². The van der Waals surface area contributed by atoms with Crippen LogP contribution in [0.15, 0.2) is 23.6 Å². The monoisotopic (exact) mass is 606 g/mol. The number of carbonyl (C=O) groups excluding carboxylic acids is 1. The van der Waals surface area contributed by atoms with E-state index in [-0.39, 0.29) is 50.6 Å². The van der Waals surface area contributed by atoms with Crippen molar-refractivity contribution in [1.82, 2.24) is 34.0 Å². The number of nitrogen functional groups attached to an aromatic ring is 2. The lowest BCUT2D eigenvalue weighted by atomic mass is 10.1. The number of hydrogen-bond acceptors (Lipinski definition) is 17. The number of fused-ring (bicyclic) bond motifs is 1. The van der Waals surface area contributed by atoms with Gasteiger partial charge in [-0.15, -0.1) is 0 Å². The summed E-state index contributed by atoms with van der Waals surface area (Å²) < 4.78 is 19.1. The molecule has 2 aliphatic heterocycles. The van der Waals surface area contributed by atoms with Crippen molar-refractivity contribution in [3.8, 4) is 0 Å². The Labute approximate surface area is 243 Å². The van der Waals surface area contributed by atoms with Crippen molar-refractivity contribution in [1.29, 1.82) is 0 Å². The average Bonchev–Trinajstić information content (AvgIpc) is 3.65. The van der Waals surface area contributed by atoms with Crippen LogP contribution in [0.25, 0.3) is 11.2 Å². The Hall–Kier alpha value is -3.82. The van der Waals surface area contributed by atoms with Crippen molar-refractivity contribution < 1.29 is 39.4 Å². The van der Waals surface area contributed by atoms with E-state index in [1.807, 2.05) is 0 Å². The van der Waals surface area contributed by atoms with Crippen molar-refractivity contribution in [3.05, 3.63) is 34.9 Å². The summed E-state index contributed by atoms with van der Waals surface area (Å²) in [5.74, 6) is 0.0789. The Bertz CT molecular complexity index is 1490. The van der Waals surface area contributed by atoms with Gasteiger partial charge in [0, 0.05) is 44.2 Å². The molecular weight excluding hydrogens is 572 g/mol. The molecule has 2 aliphatic rings. The van der Waals surface area contributed by atoms with E-state index in [1.165, 1.54) is 28.0 Å². The lowest BCUT2D eigenvalue weighted by Gasteiger charge is -2.28. The van der Waals surface area contributed by atoms with Crippen molar-refractivity contribution in [2.45, 2.75) is 68.6 Å². The van der Waals surface area contributed by atoms with Gasteiger partial charge in [-0.25, -0.2) is 19.7 Å². The highest BCUT2D eigenvalue weighted by molar-refractivity contribution is 5.81. The standard InChI is InChI=1S/C24H34N10O9/c25-15(41-10-36)1-2-32(4-11-5-33(24(40)31-20(11)26)16-3-12(37)14(7-35)42-16)6-13-18(38)19(39)23(43-13)34-9-30-17-21(27)28-8-29-22(17)34/h5,8-10,12-16,18-19,23,35,37-39H,1-4,6-7,25H2,(H2,26,31,40)(H2,27,28,29)/t12-,13+,14+,15+,16+,18+,19+,23+/m0/s1. The minimum Gasteiger partial charge on any atom is -0.449 e. The Morgan fingerprint density at radius 3 is 2.63 bits per heavy atom. The molecule has 19 heteroatoms. The molecule has 234 valence electrons. The number of aliphatic hydroxyl groups is 4. The van der Waals surface area contributed by atoms with E-state index < -0.39 is 61.5 Å². The zero-order chi connectivity index (χ0) is 30.8. The number of imidazole rings is 1. The second-order valence-corrected chi connectivity index (χ2v) is 10.4. The second-order valence-electron chi connectivity index (χ2n) is 10.4. The summed E-state index contributed by atoms with van der Waals surface area (Å²) in [6.07, 6.45) is -4.02. The van der Waals surface area contributed by atoms with E-state index in [0.29, 0.717) is 16.7 Å². The third-order valence-corrected chi connectivity index (χ3v) is 7.55. The molecule has 8 atom stereocenters. The third kappa shape index (κ3) is 6.28. The molecule has 0 unspecified atom stereocenters. The lowest BCUT2D eigenvalue weighted by molar-refractivity contribution is -0.133. The first-order valence-corrected chi connectivity index (χ1v) is 13.4. The fraction of sp³-hybridized carbons (Fsp3) is 0.583. The number of rotatable bonds is 12. The summed E-state index contributed by atoms with van der Waals surface area (Å²) in [5.41, 5.74) is 18.1. The number of hydrogen-bond donors (Lipinski definition) is 7. The highest BCUT2D eigenvalue weighted by atomic mass is 16.6. The number of nitrogens with zero attached hydrogens (tertiary/aromatic N) is 7. The van der Waals surface area contributed by atoms with Crippen LogP contribution in [0.1, 0.15) is 30.9 Å². The van der Waals surface area contributed by atoms with E-state index in [1.54, 1.807) is 4.90 Å². The zero-order valence-corrected chi connectivity index (χ0v) is 22.9. The van der Waals surface area contributed by atoms with Gasteiger partial charge in [0.05, 0.1) is 19.0 Å². The van der Waals surface area contributed by atoms with Crippen molar-refractivity contribution >= 4 is 29.3 Å². The summed E-state index contributed by atoms with van der Waals surface area (Å²) in [6.45, 7) is 0.125. The van der Waals surface area contributed by atoms with E-state index in [2.05, 4.69) is 19.9 Å². The van der Waals surface area contributed by atoms with Gasteiger partial charge < -0.3 is 46.1 Å². The highest BCUT2D eigenvalue weighted by Gasteiger charge is 2.45. The Morgan fingerprint density at radius 1 is 1.12 bits per heavy atom. The number of aliphatic hydroxyl groups excluding tert-OH is 4. The molecule has 3 aromatic rings. The molecular formula is C24H34N10O9. The SMILES string of the molecule is Nc1nc(=O)n([C@H]2C[C@H](O)[C@@H](CO)O2)cc1CN(CC[C@H](N)OC=O)C[C@H]1O[C@@H](n2cnc3c(N)ncnc32)[C@H](O)[C@@H]1O. The number of nitrogens with two attached hydrogens (primary N) is 3. The van der Waals surface area contributed by atoms with E-state index in [0.717, 1.165) is 0 Å². The van der Waals surface area contributed by atoms with Gasteiger partial charge in [-0.3, -0.25) is 24.6 Å². The van der Waals surface area contributed by atoms with Crippen LogP contribution in [0.4, 0.5) is 11.6 Å². The maximum atomic E-state index is 12.6. The number of anilines is 2. The maximum Gasteiger partial charge on any atom is 0.351 e. The molecule has 0 spiro atoms. The van der Waals surface area contributed by atoms with Crippen LogP contribution in [0, 0.1) is 0 Å². The number of carbonyl (C=O) groups is 1. The first-order chi connectivity index (χ1) is 20.6. The molecule has 0 aromatic carbocycles. The second kappa shape index (κ2) is 12.8. The predicted octanol–water partition coefficient (Wildman–Crippen LogP) is -3.84. The molecule has 0 aliphatic carbocycles. The third-order valence-electron chi connectivity index (χ3n) is 7.55. The number of ether oxygens (including phenoxy) is 3. The van der Waals surface area contributed by atoms with Gasteiger partial charge in [-0.2, -0.15) is 4.98 Å². The highest BCUT2D eigenvalue weighted by Crippen LogP contribution is 2.33. The summed E-state index contributed by atoms with van der Waals surface area (Å²) >= 11 is 0. The van der Waals surface area contributed by atoms with Gasteiger partial charge in [0.15, 0.2) is 23.9 Å². The average molecular weight is 607 g/mol. The lowest BCUT2D eigenvalue weighted by Crippen LogP contribution is -2.42. The summed E-state index contributed by atoms with van der Waals surface area (Å²) in [5, 5.41) is 41.4. The molecule has 43 heavy (non-hydrogen) atoms. The van der Waals surface area contributed by atoms with Crippen LogP contribution in [-0.2, 0) is 25.5 Å². The number of aromatic nitrogens is 6. The van der Waals surface area contributed by atoms with Crippen molar-refractivity contribution in [2.24, 2.45) is 5.73 Å². The van der Waals surface area contributed by atoms with Gasteiger partial charge in [0.2, 0.25) is 0 Å². The largest absolute Gasteiger partial charge is 0.449 e. The van der Waals surface area contributed by atoms with Crippen LogP contribution >= 0.6 is 0 Å². The maximum absolute atomic E-state index is 12.6. The normalized spacial score (nSPS) is 28.1. The van der Waals surface area contributed by atoms with Crippen molar-refractivity contribution in [3.63, 3.8) is 0 Å². The molecule has 5 rings (SSSR count). The Morgan fingerprint density at radius 2 is 1.91 bits per heavy atom. The molecule has 2 fully saturated rings. The fourth-order valence-electron chi connectivity index (χ4n) is 5.25. The van der Waals surface area contributed by atoms with E-state index >= 15 is 0 Å². The topological polar surface area (TPSA) is 285 Å². The van der Waals surface area contributed by atoms with Crippen LogP contribution < -0.4 is 22.9 Å². The van der Waals surface area contributed by atoms with Gasteiger partial charge >= 0.3 is 5.69 Å². The first kappa shape index (κ1) is 30.6. The molecule has 10 N–H and O–H groups in total. The molecule has 2 saturated heterocycles. The molecule has 0 radical (unpaired) electrons. The van der Waals surface area contributed by atoms with Crippen LogP contribution in [0.3, 0.4) is 0 Å². The Kier molecular flexibility index (Phi) is 9.13. The van der Waals surface area contributed by atoms with Gasteiger partial charge in [-0.1, -0.05) is 0 Å². The minimum atomic E-state index is -1.36. The molecule has 3 aromatic heterocycles. The molecule has 0 saturated carbocycles. The van der Waals surface area contributed by atoms with Crippen molar-refractivity contribution in [2.75, 3.05) is 31.2 Å². The fourth-order valence-corrected chi connectivity index (χ4v) is 5.25. The first-order valence-electron chi connectivity index (χ1n) is 13.4. The molecule has 19 nitrogen and oxygen atoms in total. The molecule has 0 bridgehead atoms. The van der Waals surface area contributed by atoms with E-state index in [4.69, 9.17) is 31.4 Å². The minimum absolute atomic E-state index is 0.0378.